The first-order chi connectivity index (χ1) is 7.94. The lowest BCUT2D eigenvalue weighted by Crippen LogP contribution is -2.43. The number of guanidine groups is 1. The minimum absolute atomic E-state index is 0.160. The van der Waals surface area contributed by atoms with E-state index in [1.54, 1.807) is 0 Å². The second-order valence-corrected chi connectivity index (χ2v) is 6.02. The largest absolute Gasteiger partial charge is 0.370 e. The maximum absolute atomic E-state index is 6.06. The van der Waals surface area contributed by atoms with E-state index in [1.807, 2.05) is 6.08 Å². The molecule has 0 spiro atoms. The molecule has 0 aromatic carbocycles. The van der Waals surface area contributed by atoms with Gasteiger partial charge < -0.3 is 10.6 Å². The standard InChI is InChI=1S/C14H27N3/c1-5-8-14(3,4)11-16-13(15)17-9-6-7-12(2)10-17/h5,12H,1,6-11H2,2-4H3,(H2,15,16). The molecular formula is C14H27N3. The van der Waals surface area contributed by atoms with Gasteiger partial charge in [0.2, 0.25) is 0 Å². The third-order valence-electron chi connectivity index (χ3n) is 3.35. The molecule has 1 rings (SSSR count). The maximum atomic E-state index is 6.06. The number of piperidine rings is 1. The second kappa shape index (κ2) is 6.08. The van der Waals surface area contributed by atoms with E-state index in [4.69, 9.17) is 5.73 Å². The Bertz CT molecular complexity index is 281. The number of nitrogens with zero attached hydrogens (tertiary/aromatic N) is 2. The molecule has 0 bridgehead atoms. The SMILES string of the molecule is C=CCC(C)(C)CN=C(N)N1CCCC(C)C1. The van der Waals surface area contributed by atoms with Crippen molar-refractivity contribution in [3.8, 4) is 0 Å². The van der Waals surface area contributed by atoms with E-state index in [0.29, 0.717) is 5.96 Å². The molecule has 98 valence electrons. The van der Waals surface area contributed by atoms with Gasteiger partial charge in [-0.1, -0.05) is 26.8 Å². The zero-order valence-electron chi connectivity index (χ0n) is 11.6. The molecule has 0 aliphatic carbocycles. The highest BCUT2D eigenvalue weighted by atomic mass is 15.3. The molecule has 0 aromatic rings. The van der Waals surface area contributed by atoms with Crippen molar-refractivity contribution in [2.24, 2.45) is 22.1 Å². The van der Waals surface area contributed by atoms with Crippen LogP contribution in [0, 0.1) is 11.3 Å². The average molecular weight is 237 g/mol. The summed E-state index contributed by atoms with van der Waals surface area (Å²) < 4.78 is 0. The van der Waals surface area contributed by atoms with Gasteiger partial charge in [0.1, 0.15) is 0 Å². The van der Waals surface area contributed by atoms with Gasteiger partial charge in [0.25, 0.3) is 0 Å². The van der Waals surface area contributed by atoms with Crippen LogP contribution in [0.15, 0.2) is 17.6 Å². The van der Waals surface area contributed by atoms with Crippen LogP contribution < -0.4 is 5.73 Å². The van der Waals surface area contributed by atoms with Crippen LogP contribution in [0.5, 0.6) is 0 Å². The topological polar surface area (TPSA) is 41.6 Å². The molecule has 1 unspecified atom stereocenters. The quantitative estimate of drug-likeness (QED) is 0.464. The van der Waals surface area contributed by atoms with Crippen molar-refractivity contribution in [2.45, 2.75) is 40.0 Å². The Balaban J connectivity index is 2.50. The number of aliphatic imine (C=N–C) groups is 1. The monoisotopic (exact) mass is 237 g/mol. The van der Waals surface area contributed by atoms with Crippen LogP contribution in [0.2, 0.25) is 0 Å². The molecule has 0 amide bonds. The van der Waals surface area contributed by atoms with Gasteiger partial charge in [-0.05, 0) is 30.6 Å². The van der Waals surface area contributed by atoms with E-state index in [0.717, 1.165) is 32.0 Å². The van der Waals surface area contributed by atoms with Crippen LogP contribution in [0.25, 0.3) is 0 Å². The van der Waals surface area contributed by atoms with Crippen LogP contribution >= 0.6 is 0 Å². The van der Waals surface area contributed by atoms with Gasteiger partial charge in [-0.25, -0.2) is 0 Å². The summed E-state index contributed by atoms with van der Waals surface area (Å²) in [6, 6.07) is 0. The molecule has 1 heterocycles. The van der Waals surface area contributed by atoms with Crippen molar-refractivity contribution in [3.63, 3.8) is 0 Å². The number of hydrogen-bond donors (Lipinski definition) is 1. The highest BCUT2D eigenvalue weighted by molar-refractivity contribution is 5.78. The molecular weight excluding hydrogens is 210 g/mol. The summed E-state index contributed by atoms with van der Waals surface area (Å²) in [6.07, 6.45) is 5.47. The lowest BCUT2D eigenvalue weighted by atomic mass is 9.90. The molecule has 3 nitrogen and oxygen atoms in total. The van der Waals surface area contributed by atoms with Gasteiger partial charge in [0.15, 0.2) is 5.96 Å². The molecule has 0 saturated carbocycles. The first-order valence-electron chi connectivity index (χ1n) is 6.60. The average Bonchev–Trinajstić information content (AvgIpc) is 2.26. The summed E-state index contributed by atoms with van der Waals surface area (Å²) >= 11 is 0. The summed E-state index contributed by atoms with van der Waals surface area (Å²) in [6.45, 7) is 13.3. The van der Waals surface area contributed by atoms with Crippen LogP contribution in [0.3, 0.4) is 0 Å². The van der Waals surface area contributed by atoms with Crippen molar-refractivity contribution in [3.05, 3.63) is 12.7 Å². The molecule has 1 aliphatic heterocycles. The molecule has 3 heteroatoms. The van der Waals surface area contributed by atoms with Crippen LogP contribution in [-0.4, -0.2) is 30.5 Å². The Labute approximate surface area is 106 Å². The zero-order chi connectivity index (χ0) is 12.9. The Morgan fingerprint density at radius 2 is 2.29 bits per heavy atom. The molecule has 17 heavy (non-hydrogen) atoms. The summed E-state index contributed by atoms with van der Waals surface area (Å²) in [4.78, 5) is 6.77. The van der Waals surface area contributed by atoms with Gasteiger partial charge >= 0.3 is 0 Å². The maximum Gasteiger partial charge on any atom is 0.191 e. The predicted molar refractivity (Wildman–Crippen MR) is 75.1 cm³/mol. The number of likely N-dealkylation sites (tertiary alicyclic amines) is 1. The van der Waals surface area contributed by atoms with Crippen LogP contribution in [0.1, 0.15) is 40.0 Å². The van der Waals surface area contributed by atoms with Gasteiger partial charge in [-0.15, -0.1) is 6.58 Å². The molecule has 1 fully saturated rings. The Kier molecular flexibility index (Phi) is 5.03. The van der Waals surface area contributed by atoms with Gasteiger partial charge in [-0.3, -0.25) is 4.99 Å². The van der Waals surface area contributed by atoms with Gasteiger partial charge in [0.05, 0.1) is 0 Å². The predicted octanol–water partition coefficient (Wildman–Crippen LogP) is 2.64. The minimum Gasteiger partial charge on any atom is -0.370 e. The normalized spacial score (nSPS) is 22.6. The van der Waals surface area contributed by atoms with Gasteiger partial charge in [0, 0.05) is 19.6 Å². The van der Waals surface area contributed by atoms with Crippen molar-refractivity contribution in [1.29, 1.82) is 0 Å². The molecule has 1 saturated heterocycles. The molecule has 0 aromatic heterocycles. The van der Waals surface area contributed by atoms with Crippen molar-refractivity contribution in [1.82, 2.24) is 4.90 Å². The van der Waals surface area contributed by atoms with E-state index in [2.05, 4.69) is 37.2 Å². The summed E-state index contributed by atoms with van der Waals surface area (Å²) in [7, 11) is 0. The fraction of sp³-hybridized carbons (Fsp3) is 0.786. The van der Waals surface area contributed by atoms with Crippen LogP contribution in [-0.2, 0) is 0 Å². The lowest BCUT2D eigenvalue weighted by Gasteiger charge is -2.32. The van der Waals surface area contributed by atoms with Crippen molar-refractivity contribution >= 4 is 5.96 Å². The summed E-state index contributed by atoms with van der Waals surface area (Å²) in [5.74, 6) is 1.45. The first kappa shape index (κ1) is 14.1. The van der Waals surface area contributed by atoms with E-state index in [1.165, 1.54) is 12.8 Å². The van der Waals surface area contributed by atoms with Crippen molar-refractivity contribution < 1.29 is 0 Å². The Morgan fingerprint density at radius 3 is 2.88 bits per heavy atom. The summed E-state index contributed by atoms with van der Waals surface area (Å²) in [5, 5.41) is 0. The van der Waals surface area contributed by atoms with Crippen LogP contribution in [0.4, 0.5) is 0 Å². The van der Waals surface area contributed by atoms with E-state index in [-0.39, 0.29) is 5.41 Å². The number of nitrogens with two attached hydrogens (primary N) is 1. The zero-order valence-corrected chi connectivity index (χ0v) is 11.6. The number of hydrogen-bond acceptors (Lipinski definition) is 1. The molecule has 0 radical (unpaired) electrons. The fourth-order valence-corrected chi connectivity index (χ4v) is 2.25. The Morgan fingerprint density at radius 1 is 1.59 bits per heavy atom. The lowest BCUT2D eigenvalue weighted by molar-refractivity contribution is 0.268. The number of rotatable bonds is 4. The fourth-order valence-electron chi connectivity index (χ4n) is 2.25. The minimum atomic E-state index is 0.160. The molecule has 1 aliphatic rings. The summed E-state index contributed by atoms with van der Waals surface area (Å²) in [5.41, 5.74) is 6.22. The van der Waals surface area contributed by atoms with Gasteiger partial charge in [-0.2, -0.15) is 0 Å². The smallest absolute Gasteiger partial charge is 0.191 e. The first-order valence-corrected chi connectivity index (χ1v) is 6.60. The third-order valence-corrected chi connectivity index (χ3v) is 3.35. The highest BCUT2D eigenvalue weighted by Gasteiger charge is 2.19. The van der Waals surface area contributed by atoms with E-state index >= 15 is 0 Å². The number of allylic oxidation sites excluding steroid dienone is 1. The Hall–Kier alpha value is -0.990. The highest BCUT2D eigenvalue weighted by Crippen LogP contribution is 2.21. The van der Waals surface area contributed by atoms with E-state index < -0.39 is 0 Å². The second-order valence-electron chi connectivity index (χ2n) is 6.02. The molecule has 2 N–H and O–H groups in total. The van der Waals surface area contributed by atoms with E-state index in [9.17, 15) is 0 Å². The third kappa shape index (κ3) is 4.80. The van der Waals surface area contributed by atoms with Crippen molar-refractivity contribution in [2.75, 3.05) is 19.6 Å². The molecule has 1 atom stereocenters.